The molecule has 0 aromatic carbocycles. The first kappa shape index (κ1) is 10.5. The van der Waals surface area contributed by atoms with E-state index in [1.807, 2.05) is 0 Å². The van der Waals surface area contributed by atoms with E-state index in [4.69, 9.17) is 4.74 Å². The number of halogens is 1. The summed E-state index contributed by atoms with van der Waals surface area (Å²) in [6.45, 7) is 1.73. The Hall–Kier alpha value is -0.480. The zero-order valence-corrected chi connectivity index (χ0v) is 7.24. The third-order valence-corrected chi connectivity index (χ3v) is 1.49. The van der Waals surface area contributed by atoms with Crippen molar-refractivity contribution in [2.75, 3.05) is 20.1 Å². The van der Waals surface area contributed by atoms with Crippen LogP contribution in [0.2, 0.25) is 0 Å². The smallest absolute Gasteiger partial charge is 0.407 e. The average molecular weight is 181 g/mol. The van der Waals surface area contributed by atoms with Crippen LogP contribution in [0, 0.1) is 0 Å². The minimum atomic E-state index is -0.339. The number of nitrogens with one attached hydrogen (secondary N) is 2. The number of hydrogen-bond acceptors (Lipinski definition) is 3. The van der Waals surface area contributed by atoms with Gasteiger partial charge in [-0.25, -0.2) is 4.79 Å². The summed E-state index contributed by atoms with van der Waals surface area (Å²) >= 11 is 0. The molecule has 1 heterocycles. The number of amides is 1. The SMILES string of the molecule is CNC(=O)O[C@H]1CCNC1.Cl. The van der Waals surface area contributed by atoms with Gasteiger partial charge >= 0.3 is 6.09 Å². The lowest BCUT2D eigenvalue weighted by Gasteiger charge is -2.08. The van der Waals surface area contributed by atoms with Gasteiger partial charge in [-0.05, 0) is 13.0 Å². The summed E-state index contributed by atoms with van der Waals surface area (Å²) in [5.41, 5.74) is 0. The fraction of sp³-hybridized carbons (Fsp3) is 0.833. The van der Waals surface area contributed by atoms with Gasteiger partial charge in [0, 0.05) is 13.6 Å². The summed E-state index contributed by atoms with van der Waals surface area (Å²) in [5, 5.41) is 5.50. The van der Waals surface area contributed by atoms with Crippen LogP contribution in [0.4, 0.5) is 4.79 Å². The highest BCUT2D eigenvalue weighted by Crippen LogP contribution is 2.02. The molecule has 5 heteroatoms. The molecule has 1 fully saturated rings. The fourth-order valence-corrected chi connectivity index (χ4v) is 0.939. The van der Waals surface area contributed by atoms with Crippen molar-refractivity contribution in [1.29, 1.82) is 0 Å². The first-order chi connectivity index (χ1) is 4.83. The Kier molecular flexibility index (Phi) is 4.98. The van der Waals surface area contributed by atoms with Gasteiger partial charge in [-0.3, -0.25) is 0 Å². The third kappa shape index (κ3) is 3.43. The fourth-order valence-electron chi connectivity index (χ4n) is 0.939. The molecule has 1 aliphatic heterocycles. The Balaban J connectivity index is 0.000001000. The van der Waals surface area contributed by atoms with Crippen molar-refractivity contribution < 1.29 is 9.53 Å². The normalized spacial score (nSPS) is 22.1. The highest BCUT2D eigenvalue weighted by atomic mass is 35.5. The molecule has 0 radical (unpaired) electrons. The Morgan fingerprint density at radius 3 is 2.91 bits per heavy atom. The van der Waals surface area contributed by atoms with Crippen LogP contribution in [0.15, 0.2) is 0 Å². The van der Waals surface area contributed by atoms with E-state index in [2.05, 4.69) is 10.6 Å². The van der Waals surface area contributed by atoms with Crippen molar-refractivity contribution in [3.63, 3.8) is 0 Å². The minimum absolute atomic E-state index is 0. The Labute approximate surface area is 72.1 Å². The maximum absolute atomic E-state index is 10.6. The predicted octanol–water partition coefficient (Wildman–Crippen LogP) is 0.126. The number of carbonyl (C=O) groups is 1. The van der Waals surface area contributed by atoms with Crippen LogP contribution in [-0.2, 0) is 4.74 Å². The lowest BCUT2D eigenvalue weighted by Crippen LogP contribution is -2.27. The molecule has 1 rings (SSSR count). The monoisotopic (exact) mass is 180 g/mol. The maximum atomic E-state index is 10.6. The molecule has 1 aliphatic rings. The molecule has 4 nitrogen and oxygen atoms in total. The van der Waals surface area contributed by atoms with Crippen molar-refractivity contribution in [3.8, 4) is 0 Å². The summed E-state index contributed by atoms with van der Waals surface area (Å²) in [6, 6.07) is 0. The highest BCUT2D eigenvalue weighted by Gasteiger charge is 2.17. The second-order valence-corrected chi connectivity index (χ2v) is 2.27. The molecule has 66 valence electrons. The van der Waals surface area contributed by atoms with E-state index < -0.39 is 0 Å². The van der Waals surface area contributed by atoms with E-state index in [-0.39, 0.29) is 24.6 Å². The molecule has 2 N–H and O–H groups in total. The number of carbonyl (C=O) groups excluding carboxylic acids is 1. The molecule has 0 bridgehead atoms. The van der Waals surface area contributed by atoms with Crippen LogP contribution in [0.1, 0.15) is 6.42 Å². The second kappa shape index (κ2) is 5.21. The third-order valence-electron chi connectivity index (χ3n) is 1.49. The van der Waals surface area contributed by atoms with E-state index >= 15 is 0 Å². The predicted molar refractivity (Wildman–Crippen MR) is 44.1 cm³/mol. The largest absolute Gasteiger partial charge is 0.445 e. The number of alkyl carbamates (subject to hydrolysis) is 1. The van der Waals surface area contributed by atoms with Gasteiger partial charge < -0.3 is 15.4 Å². The first-order valence-electron chi connectivity index (χ1n) is 3.42. The lowest BCUT2D eigenvalue weighted by atomic mass is 10.3. The second-order valence-electron chi connectivity index (χ2n) is 2.27. The zero-order valence-electron chi connectivity index (χ0n) is 6.42. The molecule has 0 spiro atoms. The van der Waals surface area contributed by atoms with Crippen molar-refractivity contribution in [1.82, 2.24) is 10.6 Å². The Morgan fingerprint density at radius 2 is 2.45 bits per heavy atom. The standard InChI is InChI=1S/C6H12N2O2.ClH/c1-7-6(9)10-5-2-3-8-4-5;/h5,8H,2-4H2,1H3,(H,7,9);1H/t5-;/m0./s1. The first-order valence-corrected chi connectivity index (χ1v) is 3.42. The Morgan fingerprint density at radius 1 is 1.73 bits per heavy atom. The van der Waals surface area contributed by atoms with Crippen LogP contribution < -0.4 is 10.6 Å². The molecule has 0 aromatic heterocycles. The average Bonchev–Trinajstić information content (AvgIpc) is 2.40. The number of hydrogen-bond donors (Lipinski definition) is 2. The quantitative estimate of drug-likeness (QED) is 0.603. The van der Waals surface area contributed by atoms with Gasteiger partial charge in [0.2, 0.25) is 0 Å². The molecule has 0 unspecified atom stereocenters. The van der Waals surface area contributed by atoms with Crippen LogP contribution >= 0.6 is 12.4 Å². The van der Waals surface area contributed by atoms with Crippen molar-refractivity contribution in [2.45, 2.75) is 12.5 Å². The van der Waals surface area contributed by atoms with Gasteiger partial charge in [0.1, 0.15) is 6.10 Å². The van der Waals surface area contributed by atoms with Crippen LogP contribution in [-0.4, -0.2) is 32.3 Å². The van der Waals surface area contributed by atoms with E-state index in [1.165, 1.54) is 0 Å². The minimum Gasteiger partial charge on any atom is -0.445 e. The lowest BCUT2D eigenvalue weighted by molar-refractivity contribution is 0.109. The van der Waals surface area contributed by atoms with Gasteiger partial charge in [0.25, 0.3) is 0 Å². The topological polar surface area (TPSA) is 50.4 Å². The zero-order chi connectivity index (χ0) is 7.40. The summed E-state index contributed by atoms with van der Waals surface area (Å²) in [5.74, 6) is 0. The number of rotatable bonds is 1. The van der Waals surface area contributed by atoms with Crippen molar-refractivity contribution in [3.05, 3.63) is 0 Å². The van der Waals surface area contributed by atoms with Gasteiger partial charge in [-0.2, -0.15) is 0 Å². The Bertz CT molecular complexity index is 126. The van der Waals surface area contributed by atoms with Gasteiger partial charge in [-0.1, -0.05) is 0 Å². The summed E-state index contributed by atoms with van der Waals surface area (Å²) in [6.07, 6.45) is 0.654. The molecular weight excluding hydrogens is 168 g/mol. The van der Waals surface area contributed by atoms with Gasteiger partial charge in [0.15, 0.2) is 0 Å². The summed E-state index contributed by atoms with van der Waals surface area (Å²) in [7, 11) is 1.56. The van der Waals surface area contributed by atoms with E-state index in [1.54, 1.807) is 7.05 Å². The molecule has 0 saturated carbocycles. The van der Waals surface area contributed by atoms with Crippen molar-refractivity contribution >= 4 is 18.5 Å². The van der Waals surface area contributed by atoms with E-state index in [0.29, 0.717) is 0 Å². The summed E-state index contributed by atoms with van der Waals surface area (Å²) in [4.78, 5) is 10.6. The van der Waals surface area contributed by atoms with Crippen LogP contribution in [0.5, 0.6) is 0 Å². The maximum Gasteiger partial charge on any atom is 0.407 e. The molecular formula is C6H13ClN2O2. The highest BCUT2D eigenvalue weighted by molar-refractivity contribution is 5.85. The van der Waals surface area contributed by atoms with E-state index in [9.17, 15) is 4.79 Å². The van der Waals surface area contributed by atoms with Crippen LogP contribution in [0.25, 0.3) is 0 Å². The van der Waals surface area contributed by atoms with Crippen molar-refractivity contribution in [2.24, 2.45) is 0 Å². The van der Waals surface area contributed by atoms with Crippen LogP contribution in [0.3, 0.4) is 0 Å². The molecule has 1 amide bonds. The molecule has 0 aromatic rings. The molecule has 1 saturated heterocycles. The van der Waals surface area contributed by atoms with E-state index in [0.717, 1.165) is 19.5 Å². The van der Waals surface area contributed by atoms with Gasteiger partial charge in [-0.15, -0.1) is 12.4 Å². The summed E-state index contributed by atoms with van der Waals surface area (Å²) < 4.78 is 4.95. The number of ether oxygens (including phenoxy) is 1. The molecule has 1 atom stereocenters. The molecule has 0 aliphatic carbocycles. The molecule has 11 heavy (non-hydrogen) atoms. The van der Waals surface area contributed by atoms with Gasteiger partial charge in [0.05, 0.1) is 0 Å².